The summed E-state index contributed by atoms with van der Waals surface area (Å²) in [5, 5.41) is 20.2. The molecule has 2 aromatic carbocycles. The van der Waals surface area contributed by atoms with Crippen LogP contribution in [0.3, 0.4) is 0 Å². The average Bonchev–Trinajstić information content (AvgIpc) is 3.19. The van der Waals surface area contributed by atoms with Crippen LogP contribution in [0.2, 0.25) is 0 Å². The highest BCUT2D eigenvalue weighted by atomic mass is 16.5. The number of aliphatic carboxylic acids is 1. The van der Waals surface area contributed by atoms with Gasteiger partial charge in [-0.1, -0.05) is 30.2 Å². The van der Waals surface area contributed by atoms with Crippen LogP contribution in [-0.4, -0.2) is 39.6 Å². The Hall–Kier alpha value is -4.05. The van der Waals surface area contributed by atoms with E-state index in [1.54, 1.807) is 11.9 Å². The maximum atomic E-state index is 11.1. The average molecular weight is 445 g/mol. The lowest BCUT2D eigenvalue weighted by atomic mass is 9.96. The van der Waals surface area contributed by atoms with Gasteiger partial charge in [-0.2, -0.15) is 10.2 Å². The van der Waals surface area contributed by atoms with Gasteiger partial charge >= 0.3 is 5.97 Å². The maximum Gasteiger partial charge on any atom is 0.304 e. The Kier molecular flexibility index (Phi) is 7.87. The van der Waals surface area contributed by atoms with E-state index < -0.39 is 5.97 Å². The molecule has 33 heavy (non-hydrogen) atoms. The molecule has 0 saturated heterocycles. The van der Waals surface area contributed by atoms with Crippen molar-refractivity contribution in [2.75, 3.05) is 7.05 Å². The number of carbonyl (C=O) groups is 1. The van der Waals surface area contributed by atoms with Gasteiger partial charge in [0.1, 0.15) is 12.4 Å². The van der Waals surface area contributed by atoms with Crippen molar-refractivity contribution in [2.24, 2.45) is 5.10 Å². The highest BCUT2D eigenvalue weighted by Gasteiger charge is 2.13. The highest BCUT2D eigenvalue weighted by Crippen LogP contribution is 2.23. The van der Waals surface area contributed by atoms with Crippen molar-refractivity contribution < 1.29 is 14.6 Å². The van der Waals surface area contributed by atoms with Crippen molar-refractivity contribution in [3.05, 3.63) is 71.6 Å². The van der Waals surface area contributed by atoms with E-state index in [-0.39, 0.29) is 12.3 Å². The van der Waals surface area contributed by atoms with E-state index in [1.165, 1.54) is 0 Å². The minimum absolute atomic E-state index is 0.0240. The summed E-state index contributed by atoms with van der Waals surface area (Å²) in [6.07, 6.45) is 3.75. The molecule has 1 aromatic heterocycles. The molecule has 1 N–H and O–H groups in total. The molecule has 0 amide bonds. The summed E-state index contributed by atoms with van der Waals surface area (Å²) in [4.78, 5) is 11.1. The first-order valence-corrected chi connectivity index (χ1v) is 10.6. The third-order valence-corrected chi connectivity index (χ3v) is 5.12. The van der Waals surface area contributed by atoms with Crippen LogP contribution in [0.1, 0.15) is 37.3 Å². The third kappa shape index (κ3) is 6.47. The van der Waals surface area contributed by atoms with Crippen molar-refractivity contribution in [3.63, 3.8) is 0 Å². The lowest BCUT2D eigenvalue weighted by Gasteiger charge is -2.11. The number of ether oxygens (including phenoxy) is 1. The number of hydrazone groups is 1. The van der Waals surface area contributed by atoms with Gasteiger partial charge in [-0.15, -0.1) is 5.92 Å². The van der Waals surface area contributed by atoms with Crippen LogP contribution < -0.4 is 4.74 Å². The molecule has 0 bridgehead atoms. The number of benzene rings is 2. The largest absolute Gasteiger partial charge is 0.489 e. The van der Waals surface area contributed by atoms with Crippen molar-refractivity contribution in [1.29, 1.82) is 0 Å². The number of hydrogen-bond donors (Lipinski definition) is 1. The standard InChI is InChI=1S/C26H28N4O3/c1-5-6-22(14-26(31)32)21-9-11-24(12-10-21)33-18-20-7-8-23-15-28-30(25(23)13-20)17-19(2)16-29(4)27-3/h7-13,15-16,22H,3,14,17-18H2,1-2,4H3,(H,31,32)/b19-16+/t22-/m0/s1. The molecule has 0 unspecified atom stereocenters. The minimum atomic E-state index is -0.868. The van der Waals surface area contributed by atoms with Crippen molar-refractivity contribution in [2.45, 2.75) is 39.3 Å². The lowest BCUT2D eigenvalue weighted by Crippen LogP contribution is -2.06. The van der Waals surface area contributed by atoms with E-state index in [2.05, 4.69) is 34.8 Å². The molecule has 0 aliphatic heterocycles. The molecule has 3 aromatic rings. The van der Waals surface area contributed by atoms with E-state index in [9.17, 15) is 4.79 Å². The van der Waals surface area contributed by atoms with Crippen molar-refractivity contribution in [1.82, 2.24) is 14.8 Å². The monoisotopic (exact) mass is 444 g/mol. The predicted molar refractivity (Wildman–Crippen MR) is 130 cm³/mol. The van der Waals surface area contributed by atoms with E-state index >= 15 is 0 Å². The van der Waals surface area contributed by atoms with E-state index in [4.69, 9.17) is 9.84 Å². The molecule has 3 rings (SSSR count). The molecular weight excluding hydrogens is 416 g/mol. The highest BCUT2D eigenvalue weighted by molar-refractivity contribution is 5.79. The molecular formula is C26H28N4O3. The quantitative estimate of drug-likeness (QED) is 0.280. The molecule has 0 radical (unpaired) electrons. The Morgan fingerprint density at radius 2 is 2.09 bits per heavy atom. The number of rotatable bonds is 10. The first-order chi connectivity index (χ1) is 15.9. The molecule has 0 saturated carbocycles. The Morgan fingerprint density at radius 1 is 1.33 bits per heavy atom. The van der Waals surface area contributed by atoms with Crippen molar-refractivity contribution in [3.8, 4) is 17.6 Å². The Bertz CT molecular complexity index is 1220. The number of aromatic nitrogens is 2. The number of allylic oxidation sites excluding steroid dienone is 1. The normalized spacial score (nSPS) is 12.0. The molecule has 1 atom stereocenters. The molecule has 0 fully saturated rings. The van der Waals surface area contributed by atoms with Gasteiger partial charge in [0.25, 0.3) is 0 Å². The van der Waals surface area contributed by atoms with Gasteiger partial charge in [0.05, 0.1) is 30.6 Å². The topological polar surface area (TPSA) is 80.0 Å². The zero-order valence-corrected chi connectivity index (χ0v) is 19.2. The van der Waals surface area contributed by atoms with Crippen LogP contribution in [0.15, 0.2) is 65.5 Å². The molecule has 0 aliphatic carbocycles. The number of carboxylic acids is 1. The number of carboxylic acid groups (broad SMARTS) is 1. The van der Waals surface area contributed by atoms with Gasteiger partial charge in [0.2, 0.25) is 0 Å². The van der Waals surface area contributed by atoms with Gasteiger partial charge in [-0.3, -0.25) is 14.5 Å². The van der Waals surface area contributed by atoms with Crippen LogP contribution >= 0.6 is 0 Å². The van der Waals surface area contributed by atoms with Gasteiger partial charge in [0.15, 0.2) is 0 Å². The molecule has 7 heteroatoms. The second kappa shape index (κ2) is 11.0. The minimum Gasteiger partial charge on any atom is -0.489 e. The number of hydrogen-bond acceptors (Lipinski definition) is 5. The second-order valence-corrected chi connectivity index (χ2v) is 7.79. The summed E-state index contributed by atoms with van der Waals surface area (Å²) < 4.78 is 7.91. The SMILES string of the molecule is C=NN(C)/C=C(\C)Cn1ncc2ccc(COc3ccc([C@@H](C#CC)CC(=O)O)cc3)cc21. The van der Waals surface area contributed by atoms with Gasteiger partial charge < -0.3 is 9.84 Å². The molecule has 1 heterocycles. The summed E-state index contributed by atoms with van der Waals surface area (Å²) in [6, 6.07) is 13.6. The fourth-order valence-corrected chi connectivity index (χ4v) is 3.53. The van der Waals surface area contributed by atoms with Crippen molar-refractivity contribution >= 4 is 23.6 Å². The van der Waals surface area contributed by atoms with Gasteiger partial charge in [0, 0.05) is 25.4 Å². The van der Waals surface area contributed by atoms with Crippen LogP contribution in [0.5, 0.6) is 5.75 Å². The second-order valence-electron chi connectivity index (χ2n) is 7.79. The lowest BCUT2D eigenvalue weighted by molar-refractivity contribution is -0.137. The summed E-state index contributed by atoms with van der Waals surface area (Å²) in [6.45, 7) is 8.31. The molecule has 7 nitrogen and oxygen atoms in total. The van der Waals surface area contributed by atoms with Crippen LogP contribution in [0, 0.1) is 11.8 Å². The van der Waals surface area contributed by atoms with E-state index in [0.717, 1.165) is 27.6 Å². The molecule has 170 valence electrons. The molecule has 0 spiro atoms. The van der Waals surface area contributed by atoms with Crippen LogP contribution in [-0.2, 0) is 17.9 Å². The fourth-order valence-electron chi connectivity index (χ4n) is 3.53. The van der Waals surface area contributed by atoms with Crippen LogP contribution in [0.4, 0.5) is 0 Å². The summed E-state index contributed by atoms with van der Waals surface area (Å²) >= 11 is 0. The maximum absolute atomic E-state index is 11.1. The first kappa shape index (κ1) is 23.6. The summed E-state index contributed by atoms with van der Waals surface area (Å²) in [7, 11) is 1.84. The fraction of sp³-hybridized carbons (Fsp3) is 0.269. The Morgan fingerprint density at radius 3 is 2.76 bits per heavy atom. The smallest absolute Gasteiger partial charge is 0.304 e. The number of nitrogens with zero attached hydrogens (tertiary/aromatic N) is 4. The molecule has 0 aliphatic rings. The van der Waals surface area contributed by atoms with E-state index in [0.29, 0.717) is 18.9 Å². The van der Waals surface area contributed by atoms with Gasteiger partial charge in [-0.05, 0) is 48.7 Å². The Balaban J connectivity index is 1.70. The van der Waals surface area contributed by atoms with Crippen LogP contribution in [0.25, 0.3) is 10.9 Å². The number of fused-ring (bicyclic) bond motifs is 1. The zero-order valence-electron chi connectivity index (χ0n) is 19.2. The van der Waals surface area contributed by atoms with E-state index in [1.807, 2.05) is 67.4 Å². The first-order valence-electron chi connectivity index (χ1n) is 10.6. The predicted octanol–water partition coefficient (Wildman–Crippen LogP) is 4.65. The van der Waals surface area contributed by atoms with Gasteiger partial charge in [-0.25, -0.2) is 0 Å². The summed E-state index contributed by atoms with van der Waals surface area (Å²) in [5.41, 5.74) is 4.03. The summed E-state index contributed by atoms with van der Waals surface area (Å²) in [5.74, 6) is 5.28. The Labute approximate surface area is 194 Å². The third-order valence-electron chi connectivity index (χ3n) is 5.12. The zero-order chi connectivity index (χ0) is 23.8.